The lowest BCUT2D eigenvalue weighted by Crippen LogP contribution is -2.58. The summed E-state index contributed by atoms with van der Waals surface area (Å²) in [4.78, 5) is 13.5. The summed E-state index contributed by atoms with van der Waals surface area (Å²) in [6.45, 7) is 6.04. The number of nitrogens with one attached hydrogen (secondary N) is 1. The molecule has 0 unspecified atom stereocenters. The first-order valence-electron chi connectivity index (χ1n) is 4.67. The molecule has 4 nitrogen and oxygen atoms in total. The number of hydrogen-bond acceptors (Lipinski definition) is 3. The van der Waals surface area contributed by atoms with Gasteiger partial charge in [-0.2, -0.15) is 0 Å². The zero-order chi connectivity index (χ0) is 9.84. The van der Waals surface area contributed by atoms with E-state index < -0.39 is 0 Å². The number of amides is 1. The third kappa shape index (κ3) is 2.42. The van der Waals surface area contributed by atoms with Crippen molar-refractivity contribution in [1.82, 2.24) is 10.2 Å². The first kappa shape index (κ1) is 10.5. The molecule has 4 heteroatoms. The van der Waals surface area contributed by atoms with Crippen LogP contribution in [0.1, 0.15) is 13.8 Å². The number of carbonyl (C=O) groups excluding carboxylic acids is 1. The summed E-state index contributed by atoms with van der Waals surface area (Å²) in [7, 11) is 1.55. The average Bonchev–Trinajstić information content (AvgIpc) is 2.04. The Bertz CT molecular complexity index is 174. The molecule has 1 fully saturated rings. The Hall–Kier alpha value is -0.610. The number of carbonyl (C=O) groups is 1. The molecule has 1 amide bonds. The highest BCUT2D eigenvalue weighted by atomic mass is 16.5. The summed E-state index contributed by atoms with van der Waals surface area (Å²) >= 11 is 0. The SMILES string of the molecule is COCC(=O)N1[C@H](C)CNC[C@@H]1C. The van der Waals surface area contributed by atoms with Gasteiger partial charge >= 0.3 is 0 Å². The van der Waals surface area contributed by atoms with Gasteiger partial charge in [-0.25, -0.2) is 0 Å². The van der Waals surface area contributed by atoms with Gasteiger partial charge in [0.25, 0.3) is 0 Å². The third-order valence-electron chi connectivity index (χ3n) is 2.39. The molecular formula is C9H18N2O2. The molecule has 1 aliphatic heterocycles. The van der Waals surface area contributed by atoms with Crippen molar-refractivity contribution in [2.75, 3.05) is 26.8 Å². The summed E-state index contributed by atoms with van der Waals surface area (Å²) in [6, 6.07) is 0.540. The van der Waals surface area contributed by atoms with E-state index in [1.54, 1.807) is 7.11 Å². The third-order valence-corrected chi connectivity index (χ3v) is 2.39. The molecule has 76 valence electrons. The molecule has 0 aromatic carbocycles. The number of methoxy groups -OCH3 is 1. The van der Waals surface area contributed by atoms with Crippen LogP contribution in [0, 0.1) is 0 Å². The van der Waals surface area contributed by atoms with Crippen LogP contribution < -0.4 is 5.32 Å². The molecule has 1 heterocycles. The normalized spacial score (nSPS) is 29.0. The van der Waals surface area contributed by atoms with Gasteiger partial charge in [0.1, 0.15) is 6.61 Å². The van der Waals surface area contributed by atoms with Crippen LogP contribution in [0.15, 0.2) is 0 Å². The van der Waals surface area contributed by atoms with Crippen LogP contribution in [0.2, 0.25) is 0 Å². The summed E-state index contributed by atoms with van der Waals surface area (Å²) < 4.78 is 4.84. The summed E-state index contributed by atoms with van der Waals surface area (Å²) in [5, 5.41) is 3.28. The Morgan fingerprint density at radius 3 is 2.46 bits per heavy atom. The van der Waals surface area contributed by atoms with Crippen LogP contribution in [0.4, 0.5) is 0 Å². The fourth-order valence-corrected chi connectivity index (χ4v) is 1.82. The lowest BCUT2D eigenvalue weighted by molar-refractivity contribution is -0.140. The molecule has 1 rings (SSSR count). The van der Waals surface area contributed by atoms with Gasteiger partial charge in [-0.3, -0.25) is 4.79 Å². The minimum Gasteiger partial charge on any atom is -0.375 e. The van der Waals surface area contributed by atoms with Crippen molar-refractivity contribution in [3.63, 3.8) is 0 Å². The molecule has 0 saturated carbocycles. The molecule has 0 aromatic rings. The highest BCUT2D eigenvalue weighted by Gasteiger charge is 2.28. The standard InChI is InChI=1S/C9H18N2O2/c1-7-4-10-5-8(2)11(7)9(12)6-13-3/h7-8,10H,4-6H2,1-3H3/t7-,8+. The maximum atomic E-state index is 11.6. The molecule has 1 N–H and O–H groups in total. The molecule has 0 aromatic heterocycles. The maximum Gasteiger partial charge on any atom is 0.249 e. The van der Waals surface area contributed by atoms with Gasteiger partial charge in [-0.05, 0) is 13.8 Å². The van der Waals surface area contributed by atoms with E-state index in [4.69, 9.17) is 4.74 Å². The second kappa shape index (κ2) is 4.58. The smallest absolute Gasteiger partial charge is 0.249 e. The lowest BCUT2D eigenvalue weighted by Gasteiger charge is -2.39. The number of nitrogens with zero attached hydrogens (tertiary/aromatic N) is 1. The lowest BCUT2D eigenvalue weighted by atomic mass is 10.1. The fourth-order valence-electron chi connectivity index (χ4n) is 1.82. The van der Waals surface area contributed by atoms with Crippen LogP contribution in [0.5, 0.6) is 0 Å². The minimum absolute atomic E-state index is 0.0870. The average molecular weight is 186 g/mol. The first-order valence-corrected chi connectivity index (χ1v) is 4.67. The van der Waals surface area contributed by atoms with Crippen molar-refractivity contribution in [2.45, 2.75) is 25.9 Å². The Kier molecular flexibility index (Phi) is 3.69. The van der Waals surface area contributed by atoms with E-state index in [0.29, 0.717) is 0 Å². The summed E-state index contributed by atoms with van der Waals surface area (Å²) in [5.74, 6) is 0.0870. The highest BCUT2D eigenvalue weighted by Crippen LogP contribution is 2.09. The molecule has 13 heavy (non-hydrogen) atoms. The van der Waals surface area contributed by atoms with E-state index in [1.165, 1.54) is 0 Å². The van der Waals surface area contributed by atoms with E-state index in [9.17, 15) is 4.79 Å². The predicted octanol–water partition coefficient (Wildman–Crippen LogP) is -0.158. The monoisotopic (exact) mass is 186 g/mol. The number of ether oxygens (including phenoxy) is 1. The number of piperazine rings is 1. The molecule has 1 saturated heterocycles. The molecule has 0 radical (unpaired) electrons. The van der Waals surface area contributed by atoms with Crippen LogP contribution in [0.3, 0.4) is 0 Å². The van der Waals surface area contributed by atoms with Crippen LogP contribution in [-0.4, -0.2) is 49.7 Å². The second-order valence-corrected chi connectivity index (χ2v) is 3.59. The van der Waals surface area contributed by atoms with Crippen molar-refractivity contribution >= 4 is 5.91 Å². The second-order valence-electron chi connectivity index (χ2n) is 3.59. The fraction of sp³-hybridized carbons (Fsp3) is 0.889. The van der Waals surface area contributed by atoms with Gasteiger partial charge in [0.05, 0.1) is 0 Å². The van der Waals surface area contributed by atoms with Crippen molar-refractivity contribution in [1.29, 1.82) is 0 Å². The van der Waals surface area contributed by atoms with Gasteiger partial charge in [0.2, 0.25) is 5.91 Å². The largest absolute Gasteiger partial charge is 0.375 e. The van der Waals surface area contributed by atoms with Gasteiger partial charge in [-0.1, -0.05) is 0 Å². The zero-order valence-corrected chi connectivity index (χ0v) is 8.54. The zero-order valence-electron chi connectivity index (χ0n) is 8.54. The van der Waals surface area contributed by atoms with E-state index in [0.717, 1.165) is 13.1 Å². The molecule has 0 spiro atoms. The van der Waals surface area contributed by atoms with Crippen molar-refractivity contribution in [3.05, 3.63) is 0 Å². The van der Waals surface area contributed by atoms with E-state index in [1.807, 2.05) is 4.90 Å². The number of hydrogen-bond donors (Lipinski definition) is 1. The first-order chi connectivity index (χ1) is 6.16. The molecule has 0 aliphatic carbocycles. The van der Waals surface area contributed by atoms with Crippen LogP contribution >= 0.6 is 0 Å². The topological polar surface area (TPSA) is 41.6 Å². The van der Waals surface area contributed by atoms with Gasteiger partial charge < -0.3 is 15.0 Å². The maximum absolute atomic E-state index is 11.6. The summed E-state index contributed by atoms with van der Waals surface area (Å²) in [6.07, 6.45) is 0. The van der Waals surface area contributed by atoms with Gasteiger partial charge in [-0.15, -0.1) is 0 Å². The van der Waals surface area contributed by atoms with E-state index in [-0.39, 0.29) is 24.6 Å². The van der Waals surface area contributed by atoms with Crippen molar-refractivity contribution < 1.29 is 9.53 Å². The van der Waals surface area contributed by atoms with Crippen LogP contribution in [-0.2, 0) is 9.53 Å². The number of rotatable bonds is 2. The Balaban J connectivity index is 2.57. The van der Waals surface area contributed by atoms with Gasteiger partial charge in [0.15, 0.2) is 0 Å². The van der Waals surface area contributed by atoms with Crippen molar-refractivity contribution in [3.8, 4) is 0 Å². The van der Waals surface area contributed by atoms with E-state index >= 15 is 0 Å². The molecule has 1 aliphatic rings. The van der Waals surface area contributed by atoms with E-state index in [2.05, 4.69) is 19.2 Å². The Morgan fingerprint density at radius 1 is 1.46 bits per heavy atom. The Labute approximate surface area is 79.2 Å². The van der Waals surface area contributed by atoms with Crippen LogP contribution in [0.25, 0.3) is 0 Å². The van der Waals surface area contributed by atoms with Gasteiger partial charge in [0, 0.05) is 32.3 Å². The van der Waals surface area contributed by atoms with Crippen molar-refractivity contribution in [2.24, 2.45) is 0 Å². The molecular weight excluding hydrogens is 168 g/mol. The predicted molar refractivity (Wildman–Crippen MR) is 50.5 cm³/mol. The quantitative estimate of drug-likeness (QED) is 0.651. The summed E-state index contributed by atoms with van der Waals surface area (Å²) in [5.41, 5.74) is 0. The molecule has 0 bridgehead atoms. The highest BCUT2D eigenvalue weighted by molar-refractivity contribution is 5.78. The minimum atomic E-state index is 0.0870. The Morgan fingerprint density at radius 2 is 2.00 bits per heavy atom. The molecule has 2 atom stereocenters.